The minimum atomic E-state index is 0.00178. The molecule has 6 aromatic carbocycles. The van der Waals surface area contributed by atoms with E-state index in [4.69, 9.17) is 0 Å². The van der Waals surface area contributed by atoms with Crippen LogP contribution >= 0.6 is 11.3 Å². The Labute approximate surface area is 230 Å². The summed E-state index contributed by atoms with van der Waals surface area (Å²) in [6.45, 7) is 4.72. The second kappa shape index (κ2) is 7.37. The smallest absolute Gasteiger partial charge is 0.0547 e. The summed E-state index contributed by atoms with van der Waals surface area (Å²) in [6.07, 6.45) is 0. The van der Waals surface area contributed by atoms with Crippen LogP contribution in [-0.2, 0) is 5.41 Å². The van der Waals surface area contributed by atoms with Crippen molar-refractivity contribution in [3.8, 4) is 16.8 Å². The van der Waals surface area contributed by atoms with Gasteiger partial charge in [-0.1, -0.05) is 80.6 Å². The number of rotatable bonds is 1. The van der Waals surface area contributed by atoms with Gasteiger partial charge in [-0.25, -0.2) is 0 Å². The van der Waals surface area contributed by atoms with E-state index in [-0.39, 0.29) is 5.41 Å². The van der Waals surface area contributed by atoms with Crippen molar-refractivity contribution in [2.75, 3.05) is 0 Å². The molecule has 0 fully saturated rings. The number of fused-ring (bicyclic) bond motifs is 11. The Morgan fingerprint density at radius 3 is 2.23 bits per heavy atom. The first-order valence-corrected chi connectivity index (χ1v) is 14.4. The van der Waals surface area contributed by atoms with E-state index in [9.17, 15) is 0 Å². The average Bonchev–Trinajstić information content (AvgIpc) is 3.58. The quantitative estimate of drug-likeness (QED) is 0.205. The molecule has 184 valence electrons. The molecule has 2 aromatic heterocycles. The van der Waals surface area contributed by atoms with Crippen molar-refractivity contribution in [3.05, 3.63) is 126 Å². The van der Waals surface area contributed by atoms with E-state index in [0.29, 0.717) is 0 Å². The molecular weight excluding hydrogens is 490 g/mol. The van der Waals surface area contributed by atoms with Crippen molar-refractivity contribution in [2.45, 2.75) is 19.3 Å². The van der Waals surface area contributed by atoms with E-state index in [1.807, 2.05) is 11.3 Å². The summed E-state index contributed by atoms with van der Waals surface area (Å²) in [4.78, 5) is 0. The minimum absolute atomic E-state index is 0.00178. The van der Waals surface area contributed by atoms with Crippen LogP contribution in [0.15, 0.2) is 115 Å². The topological polar surface area (TPSA) is 4.93 Å². The van der Waals surface area contributed by atoms with E-state index < -0.39 is 0 Å². The highest BCUT2D eigenvalue weighted by atomic mass is 32.1. The van der Waals surface area contributed by atoms with E-state index in [1.165, 1.54) is 80.7 Å². The Kier molecular flexibility index (Phi) is 4.07. The number of aromatic nitrogens is 1. The van der Waals surface area contributed by atoms with Crippen LogP contribution in [0.2, 0.25) is 0 Å². The molecule has 1 nitrogen and oxygen atoms in total. The van der Waals surface area contributed by atoms with Gasteiger partial charge in [0, 0.05) is 42.0 Å². The largest absolute Gasteiger partial charge is 0.309 e. The fourth-order valence-corrected chi connectivity index (χ4v) is 8.21. The number of nitrogens with zero attached hydrogens (tertiary/aromatic N) is 1. The molecule has 0 unspecified atom stereocenters. The lowest BCUT2D eigenvalue weighted by Crippen LogP contribution is -2.14. The molecular formula is C37H25NS. The molecule has 0 saturated carbocycles. The standard InChI is InChI=1S/C37H25NS/c1-37(2)30-12-6-3-9-24(30)28-21-27-22(19-31(28)37)15-17-33-36(27)26-11-4-7-13-32(26)38(33)23-16-18-35-29(20-23)25-10-5-8-14-34(25)39-35/h3-21H,1-2H3. The second-order valence-electron chi connectivity index (χ2n) is 11.4. The van der Waals surface area contributed by atoms with Crippen LogP contribution < -0.4 is 0 Å². The van der Waals surface area contributed by atoms with Gasteiger partial charge in [0.25, 0.3) is 0 Å². The van der Waals surface area contributed by atoms with Gasteiger partial charge in [0.05, 0.1) is 11.0 Å². The van der Waals surface area contributed by atoms with Gasteiger partial charge in [-0.05, 0) is 81.6 Å². The maximum absolute atomic E-state index is 2.47. The van der Waals surface area contributed by atoms with E-state index in [1.54, 1.807) is 0 Å². The van der Waals surface area contributed by atoms with Crippen molar-refractivity contribution >= 4 is 64.1 Å². The lowest BCUT2D eigenvalue weighted by molar-refractivity contribution is 0.661. The number of hydrogen-bond donors (Lipinski definition) is 0. The van der Waals surface area contributed by atoms with Crippen molar-refractivity contribution in [1.29, 1.82) is 0 Å². The zero-order chi connectivity index (χ0) is 25.9. The molecule has 0 aliphatic heterocycles. The molecule has 0 atom stereocenters. The maximum Gasteiger partial charge on any atom is 0.0547 e. The molecule has 2 heterocycles. The average molecular weight is 516 g/mol. The normalized spacial score (nSPS) is 14.1. The third-order valence-corrected chi connectivity index (χ3v) is 10.1. The fraction of sp³-hybridized carbons (Fsp3) is 0.0811. The van der Waals surface area contributed by atoms with Crippen molar-refractivity contribution in [1.82, 2.24) is 4.57 Å². The van der Waals surface area contributed by atoms with Crippen LogP contribution in [0.3, 0.4) is 0 Å². The van der Waals surface area contributed by atoms with Gasteiger partial charge in [0.1, 0.15) is 0 Å². The summed E-state index contributed by atoms with van der Waals surface area (Å²) in [5.41, 5.74) is 9.31. The SMILES string of the molecule is CC1(C)c2ccccc2-c2cc3c(ccc4c3c3ccccc3n4-c3ccc4sc5ccccc5c4c3)cc21. The summed E-state index contributed by atoms with van der Waals surface area (Å²) in [5, 5.41) is 7.95. The fourth-order valence-electron chi connectivity index (χ4n) is 7.12. The van der Waals surface area contributed by atoms with Crippen LogP contribution in [0.5, 0.6) is 0 Å². The summed E-state index contributed by atoms with van der Waals surface area (Å²) < 4.78 is 5.14. The van der Waals surface area contributed by atoms with Gasteiger partial charge in [0.2, 0.25) is 0 Å². The van der Waals surface area contributed by atoms with Crippen LogP contribution in [0.1, 0.15) is 25.0 Å². The molecule has 2 heteroatoms. The molecule has 0 saturated heterocycles. The molecule has 0 N–H and O–H groups in total. The van der Waals surface area contributed by atoms with Gasteiger partial charge >= 0.3 is 0 Å². The Bertz CT molecular complexity index is 2310. The minimum Gasteiger partial charge on any atom is -0.309 e. The molecule has 0 radical (unpaired) electrons. The number of benzene rings is 6. The van der Waals surface area contributed by atoms with Crippen molar-refractivity contribution < 1.29 is 0 Å². The Morgan fingerprint density at radius 2 is 1.31 bits per heavy atom. The summed E-state index contributed by atoms with van der Waals surface area (Å²) in [5.74, 6) is 0. The first kappa shape index (κ1) is 21.5. The first-order valence-electron chi connectivity index (χ1n) is 13.6. The van der Waals surface area contributed by atoms with Crippen molar-refractivity contribution in [3.63, 3.8) is 0 Å². The summed E-state index contributed by atoms with van der Waals surface area (Å²) >= 11 is 1.87. The van der Waals surface area contributed by atoms with Gasteiger partial charge in [-0.2, -0.15) is 0 Å². The highest BCUT2D eigenvalue weighted by Gasteiger charge is 2.35. The van der Waals surface area contributed by atoms with Gasteiger partial charge < -0.3 is 4.57 Å². The number of thiophene rings is 1. The second-order valence-corrected chi connectivity index (χ2v) is 12.5. The molecule has 9 rings (SSSR count). The summed E-state index contributed by atoms with van der Waals surface area (Å²) in [7, 11) is 0. The lowest BCUT2D eigenvalue weighted by atomic mass is 9.82. The molecule has 39 heavy (non-hydrogen) atoms. The van der Waals surface area contributed by atoms with E-state index >= 15 is 0 Å². The molecule has 0 spiro atoms. The molecule has 0 bridgehead atoms. The van der Waals surface area contributed by atoms with Crippen LogP contribution in [0.25, 0.3) is 69.6 Å². The summed E-state index contributed by atoms with van der Waals surface area (Å²) in [6, 6.07) is 43.1. The highest BCUT2D eigenvalue weighted by Crippen LogP contribution is 2.51. The third kappa shape index (κ3) is 2.74. The molecule has 8 aromatic rings. The molecule has 0 amide bonds. The van der Waals surface area contributed by atoms with Crippen LogP contribution in [0.4, 0.5) is 0 Å². The Hall–Kier alpha value is -4.40. The predicted molar refractivity (Wildman–Crippen MR) is 169 cm³/mol. The van der Waals surface area contributed by atoms with Gasteiger partial charge in [-0.15, -0.1) is 11.3 Å². The maximum atomic E-state index is 2.47. The monoisotopic (exact) mass is 515 g/mol. The van der Waals surface area contributed by atoms with E-state index in [2.05, 4.69) is 134 Å². The van der Waals surface area contributed by atoms with Gasteiger partial charge in [0.15, 0.2) is 0 Å². The first-order chi connectivity index (χ1) is 19.1. The molecule has 1 aliphatic carbocycles. The van der Waals surface area contributed by atoms with Crippen LogP contribution in [-0.4, -0.2) is 4.57 Å². The zero-order valence-electron chi connectivity index (χ0n) is 21.8. The predicted octanol–water partition coefficient (Wildman–Crippen LogP) is 10.6. The van der Waals surface area contributed by atoms with E-state index in [0.717, 1.165) is 0 Å². The third-order valence-electron chi connectivity index (χ3n) is 8.97. The number of hydrogen-bond acceptors (Lipinski definition) is 1. The zero-order valence-corrected chi connectivity index (χ0v) is 22.6. The highest BCUT2D eigenvalue weighted by molar-refractivity contribution is 7.25. The lowest BCUT2D eigenvalue weighted by Gasteiger charge is -2.21. The van der Waals surface area contributed by atoms with Crippen LogP contribution in [0, 0.1) is 0 Å². The van der Waals surface area contributed by atoms with Gasteiger partial charge in [-0.3, -0.25) is 0 Å². The van der Waals surface area contributed by atoms with Crippen molar-refractivity contribution in [2.24, 2.45) is 0 Å². The number of para-hydroxylation sites is 1. The Balaban J connectivity index is 1.39. The Morgan fingerprint density at radius 1 is 0.538 bits per heavy atom. The molecule has 1 aliphatic rings.